The van der Waals surface area contributed by atoms with E-state index in [1.165, 1.54) is 4.90 Å². The zero-order valence-corrected chi connectivity index (χ0v) is 11.5. The number of halogens is 2. The smallest absolute Gasteiger partial charge is 0.299 e. The Balaban J connectivity index is 1.98. The van der Waals surface area contributed by atoms with Gasteiger partial charge in [0.25, 0.3) is 11.7 Å². The van der Waals surface area contributed by atoms with Crippen LogP contribution < -0.4 is 4.90 Å². The number of amides is 1. The molecular formula is C13H7Cl2N3O2. The Bertz CT molecular complexity index is 716. The highest BCUT2D eigenvalue weighted by Gasteiger charge is 2.36. The number of nitrogens with zero attached hydrogens (tertiary/aromatic N) is 3. The van der Waals surface area contributed by atoms with Crippen molar-refractivity contribution in [1.82, 2.24) is 10.2 Å². The number of hydrogen-bond donors (Lipinski definition) is 0. The summed E-state index contributed by atoms with van der Waals surface area (Å²) in [6.45, 7) is 0.141. The zero-order chi connectivity index (χ0) is 14.3. The molecule has 0 saturated carbocycles. The first-order valence-electron chi connectivity index (χ1n) is 5.70. The van der Waals surface area contributed by atoms with Crippen molar-refractivity contribution in [3.8, 4) is 0 Å². The number of rotatable bonds is 2. The van der Waals surface area contributed by atoms with Crippen LogP contribution in [0.15, 0.2) is 30.3 Å². The average molecular weight is 308 g/mol. The molecule has 0 atom stereocenters. The van der Waals surface area contributed by atoms with E-state index >= 15 is 0 Å². The number of carbonyl (C=O) groups is 2. The number of hydrogen-bond acceptors (Lipinski definition) is 4. The third-order valence-electron chi connectivity index (χ3n) is 2.94. The first kappa shape index (κ1) is 13.0. The van der Waals surface area contributed by atoms with Gasteiger partial charge in [-0.1, -0.05) is 23.2 Å². The highest BCUT2D eigenvalue weighted by Crippen LogP contribution is 2.32. The van der Waals surface area contributed by atoms with Crippen LogP contribution in [0.3, 0.4) is 0 Å². The molecule has 1 aliphatic rings. The van der Waals surface area contributed by atoms with Crippen LogP contribution in [-0.2, 0) is 11.3 Å². The van der Waals surface area contributed by atoms with Crippen LogP contribution in [0.4, 0.5) is 5.69 Å². The molecule has 2 aromatic rings. The van der Waals surface area contributed by atoms with Gasteiger partial charge in [0.2, 0.25) is 0 Å². The summed E-state index contributed by atoms with van der Waals surface area (Å²) >= 11 is 11.6. The van der Waals surface area contributed by atoms with E-state index < -0.39 is 11.7 Å². The lowest BCUT2D eigenvalue weighted by molar-refractivity contribution is -0.114. The van der Waals surface area contributed by atoms with Crippen molar-refractivity contribution in [1.29, 1.82) is 0 Å². The number of Topliss-reactive ketones (excluding diaryl/α,β-unsaturated/α-hetero) is 1. The van der Waals surface area contributed by atoms with Gasteiger partial charge in [-0.05, 0) is 30.3 Å². The van der Waals surface area contributed by atoms with Gasteiger partial charge in [0.05, 0.1) is 23.5 Å². The van der Waals surface area contributed by atoms with Crippen molar-refractivity contribution in [2.24, 2.45) is 0 Å². The van der Waals surface area contributed by atoms with Gasteiger partial charge in [-0.2, -0.15) is 5.10 Å². The normalized spacial score (nSPS) is 13.8. The van der Waals surface area contributed by atoms with Crippen LogP contribution in [0, 0.1) is 0 Å². The molecule has 0 fully saturated rings. The minimum absolute atomic E-state index is 0.141. The van der Waals surface area contributed by atoms with E-state index in [9.17, 15) is 9.59 Å². The van der Waals surface area contributed by atoms with Gasteiger partial charge in [0.15, 0.2) is 5.15 Å². The Hall–Kier alpha value is -1.98. The van der Waals surface area contributed by atoms with E-state index in [0.717, 1.165) is 0 Å². The molecule has 0 saturated heterocycles. The molecule has 0 bridgehead atoms. The standard InChI is InChI=1S/C13H7Cl2N3O2/c14-7-1-3-9-10(5-7)18(13(20)12(9)19)6-8-2-4-11(15)17-16-8/h1-5H,6H2. The molecule has 1 aliphatic heterocycles. The van der Waals surface area contributed by atoms with E-state index in [1.54, 1.807) is 30.3 Å². The number of fused-ring (bicyclic) bond motifs is 1. The fourth-order valence-corrected chi connectivity index (χ4v) is 2.28. The van der Waals surface area contributed by atoms with Gasteiger partial charge in [-0.25, -0.2) is 0 Å². The maximum absolute atomic E-state index is 12.0. The molecule has 7 heteroatoms. The van der Waals surface area contributed by atoms with Crippen molar-refractivity contribution in [3.05, 3.63) is 51.8 Å². The number of ketones is 1. The molecule has 2 heterocycles. The summed E-state index contributed by atoms with van der Waals surface area (Å²) in [5.41, 5.74) is 1.37. The van der Waals surface area contributed by atoms with Gasteiger partial charge in [0.1, 0.15) is 0 Å². The van der Waals surface area contributed by atoms with E-state index in [4.69, 9.17) is 23.2 Å². The van der Waals surface area contributed by atoms with Crippen LogP contribution in [0.2, 0.25) is 10.2 Å². The third kappa shape index (κ3) is 2.15. The highest BCUT2D eigenvalue weighted by atomic mass is 35.5. The molecule has 3 rings (SSSR count). The van der Waals surface area contributed by atoms with Crippen LogP contribution in [0.5, 0.6) is 0 Å². The van der Waals surface area contributed by atoms with Crippen molar-refractivity contribution in [2.75, 3.05) is 4.90 Å². The van der Waals surface area contributed by atoms with E-state index in [2.05, 4.69) is 10.2 Å². The Morgan fingerprint density at radius 3 is 2.55 bits per heavy atom. The molecule has 1 aromatic carbocycles. The minimum atomic E-state index is -0.598. The molecule has 0 unspecified atom stereocenters. The van der Waals surface area contributed by atoms with E-state index in [-0.39, 0.29) is 11.7 Å². The van der Waals surface area contributed by atoms with Crippen molar-refractivity contribution in [3.63, 3.8) is 0 Å². The Morgan fingerprint density at radius 1 is 1.05 bits per heavy atom. The highest BCUT2D eigenvalue weighted by molar-refractivity contribution is 6.52. The Labute approximate surface area is 124 Å². The maximum Gasteiger partial charge on any atom is 0.299 e. The topological polar surface area (TPSA) is 63.2 Å². The number of benzene rings is 1. The maximum atomic E-state index is 12.0. The molecule has 1 aromatic heterocycles. The molecular weight excluding hydrogens is 301 g/mol. The van der Waals surface area contributed by atoms with Gasteiger partial charge in [-0.3, -0.25) is 14.5 Å². The second-order valence-electron chi connectivity index (χ2n) is 4.23. The predicted octanol–water partition coefficient (Wildman–Crippen LogP) is 2.51. The quantitative estimate of drug-likeness (QED) is 0.800. The summed E-state index contributed by atoms with van der Waals surface area (Å²) in [5, 5.41) is 8.30. The van der Waals surface area contributed by atoms with Gasteiger partial charge in [0, 0.05) is 5.02 Å². The molecule has 0 spiro atoms. The number of carbonyl (C=O) groups excluding carboxylic acids is 2. The summed E-state index contributed by atoms with van der Waals surface area (Å²) in [6, 6.07) is 7.94. The van der Waals surface area contributed by atoms with Crippen LogP contribution >= 0.6 is 23.2 Å². The molecule has 20 heavy (non-hydrogen) atoms. The lowest BCUT2D eigenvalue weighted by Crippen LogP contribution is -2.29. The summed E-state index contributed by atoms with van der Waals surface area (Å²) in [7, 11) is 0. The number of aromatic nitrogens is 2. The third-order valence-corrected chi connectivity index (χ3v) is 3.38. The Kier molecular flexibility index (Phi) is 3.16. The van der Waals surface area contributed by atoms with Crippen molar-refractivity contribution >= 4 is 40.6 Å². The lowest BCUT2D eigenvalue weighted by Gasteiger charge is -2.15. The molecule has 0 aliphatic carbocycles. The SMILES string of the molecule is O=C1C(=O)N(Cc2ccc(Cl)nn2)c2cc(Cl)ccc21. The van der Waals surface area contributed by atoms with Crippen LogP contribution in [-0.4, -0.2) is 21.9 Å². The van der Waals surface area contributed by atoms with Gasteiger partial charge < -0.3 is 0 Å². The first-order valence-corrected chi connectivity index (χ1v) is 6.46. The van der Waals surface area contributed by atoms with Crippen molar-refractivity contribution < 1.29 is 9.59 Å². The molecule has 1 amide bonds. The van der Waals surface area contributed by atoms with E-state index in [1.807, 2.05) is 0 Å². The summed E-state index contributed by atoms with van der Waals surface area (Å²) < 4.78 is 0. The Morgan fingerprint density at radius 2 is 1.85 bits per heavy atom. The average Bonchev–Trinajstić information content (AvgIpc) is 2.66. The fourth-order valence-electron chi connectivity index (χ4n) is 2.01. The summed E-state index contributed by atoms with van der Waals surface area (Å²) in [4.78, 5) is 25.2. The van der Waals surface area contributed by atoms with Crippen molar-refractivity contribution in [2.45, 2.75) is 6.54 Å². The molecule has 5 nitrogen and oxygen atoms in total. The minimum Gasteiger partial charge on any atom is -0.299 e. The summed E-state index contributed by atoms with van der Waals surface area (Å²) in [6.07, 6.45) is 0. The van der Waals surface area contributed by atoms with E-state index in [0.29, 0.717) is 22.0 Å². The molecule has 0 N–H and O–H groups in total. The van der Waals surface area contributed by atoms with Gasteiger partial charge >= 0.3 is 0 Å². The second-order valence-corrected chi connectivity index (χ2v) is 5.05. The van der Waals surface area contributed by atoms with Crippen LogP contribution in [0.25, 0.3) is 0 Å². The second kappa shape index (κ2) is 4.85. The summed E-state index contributed by atoms with van der Waals surface area (Å²) in [5.74, 6) is -1.14. The molecule has 0 radical (unpaired) electrons. The fraction of sp³-hybridized carbons (Fsp3) is 0.0769. The number of anilines is 1. The first-order chi connectivity index (χ1) is 9.56. The zero-order valence-electron chi connectivity index (χ0n) is 10.0. The van der Waals surface area contributed by atoms with Crippen LogP contribution in [0.1, 0.15) is 16.1 Å². The van der Waals surface area contributed by atoms with Gasteiger partial charge in [-0.15, -0.1) is 5.10 Å². The predicted molar refractivity (Wildman–Crippen MR) is 74.0 cm³/mol. The largest absolute Gasteiger partial charge is 0.299 e. The molecule has 100 valence electrons. The lowest BCUT2D eigenvalue weighted by atomic mass is 10.1. The monoisotopic (exact) mass is 307 g/mol.